The Kier molecular flexibility index (Phi) is 5.37. The number of benzene rings is 1. The van der Waals surface area contributed by atoms with Gasteiger partial charge in [-0.3, -0.25) is 4.79 Å². The average molecular weight is 313 g/mol. The molecule has 2 N–H and O–H groups in total. The molecule has 1 aromatic heterocycles. The largest absolute Gasteiger partial charge is 0.352 e. The second kappa shape index (κ2) is 7.87. The molecule has 1 aliphatic heterocycles. The minimum Gasteiger partial charge on any atom is -0.352 e. The Morgan fingerprint density at radius 1 is 1.30 bits per heavy atom. The van der Waals surface area contributed by atoms with Gasteiger partial charge in [0.05, 0.1) is 6.54 Å². The van der Waals surface area contributed by atoms with Crippen molar-refractivity contribution >= 4 is 5.91 Å². The summed E-state index contributed by atoms with van der Waals surface area (Å²) in [6, 6.07) is 8.22. The molecule has 122 valence electrons. The number of carbonyl (C=O) groups excluding carboxylic acids is 1. The summed E-state index contributed by atoms with van der Waals surface area (Å²) in [5.41, 5.74) is 2.28. The van der Waals surface area contributed by atoms with Gasteiger partial charge in [-0.2, -0.15) is 5.10 Å². The Bertz CT molecular complexity index is 602. The van der Waals surface area contributed by atoms with Gasteiger partial charge in [0.15, 0.2) is 0 Å². The van der Waals surface area contributed by atoms with Crippen LogP contribution in [-0.2, 0) is 17.9 Å². The molecule has 1 aromatic carbocycles. The molecule has 6 nitrogen and oxygen atoms in total. The molecular weight excluding hydrogens is 290 g/mol. The minimum absolute atomic E-state index is 0.142. The fraction of sp³-hybridized carbons (Fsp3) is 0.471. The van der Waals surface area contributed by atoms with Crippen LogP contribution in [0.3, 0.4) is 0 Å². The van der Waals surface area contributed by atoms with Crippen molar-refractivity contribution in [2.24, 2.45) is 5.92 Å². The van der Waals surface area contributed by atoms with Crippen molar-refractivity contribution in [2.45, 2.75) is 32.4 Å². The fourth-order valence-electron chi connectivity index (χ4n) is 2.85. The third kappa shape index (κ3) is 4.89. The maximum absolute atomic E-state index is 11.9. The molecular formula is C17H23N5O. The lowest BCUT2D eigenvalue weighted by atomic mass is 10.0. The first kappa shape index (κ1) is 15.7. The summed E-state index contributed by atoms with van der Waals surface area (Å²) in [5, 5.41) is 10.4. The Balaban J connectivity index is 1.40. The van der Waals surface area contributed by atoms with E-state index in [2.05, 4.69) is 32.8 Å². The molecule has 3 rings (SSSR count). The van der Waals surface area contributed by atoms with Crippen LogP contribution in [0.1, 0.15) is 30.4 Å². The van der Waals surface area contributed by atoms with Gasteiger partial charge in [-0.05, 0) is 43.0 Å². The van der Waals surface area contributed by atoms with Crippen LogP contribution in [0.15, 0.2) is 36.9 Å². The lowest BCUT2D eigenvalue weighted by Gasteiger charge is -2.09. The molecule has 23 heavy (non-hydrogen) atoms. The summed E-state index contributed by atoms with van der Waals surface area (Å²) in [7, 11) is 0. The monoisotopic (exact) mass is 313 g/mol. The standard InChI is InChI=1S/C17H23N5O/c23-17(6-5-15-7-8-18-9-15)20-10-14-1-3-16(4-2-14)11-22-13-19-12-21-22/h1-4,12-13,15,18H,5-11H2,(H,20,23). The van der Waals surface area contributed by atoms with E-state index >= 15 is 0 Å². The number of hydrogen-bond donors (Lipinski definition) is 2. The number of amides is 1. The van der Waals surface area contributed by atoms with Crippen LogP contribution in [-0.4, -0.2) is 33.8 Å². The van der Waals surface area contributed by atoms with Crippen LogP contribution < -0.4 is 10.6 Å². The molecule has 1 unspecified atom stereocenters. The summed E-state index contributed by atoms with van der Waals surface area (Å²) in [4.78, 5) is 15.8. The van der Waals surface area contributed by atoms with Gasteiger partial charge in [0.1, 0.15) is 12.7 Å². The number of nitrogens with zero attached hydrogens (tertiary/aromatic N) is 3. The van der Waals surface area contributed by atoms with E-state index in [1.54, 1.807) is 11.0 Å². The zero-order valence-electron chi connectivity index (χ0n) is 13.2. The summed E-state index contributed by atoms with van der Waals surface area (Å²) in [5.74, 6) is 0.806. The van der Waals surface area contributed by atoms with Gasteiger partial charge in [-0.1, -0.05) is 24.3 Å². The predicted molar refractivity (Wildman–Crippen MR) is 87.6 cm³/mol. The zero-order chi connectivity index (χ0) is 15.9. The van der Waals surface area contributed by atoms with E-state index in [0.717, 1.165) is 25.1 Å². The molecule has 0 bridgehead atoms. The van der Waals surface area contributed by atoms with Crippen molar-refractivity contribution in [3.05, 3.63) is 48.0 Å². The minimum atomic E-state index is 0.142. The third-order valence-corrected chi connectivity index (χ3v) is 4.27. The smallest absolute Gasteiger partial charge is 0.220 e. The van der Waals surface area contributed by atoms with Crippen molar-refractivity contribution < 1.29 is 4.79 Å². The first-order chi connectivity index (χ1) is 11.3. The van der Waals surface area contributed by atoms with Gasteiger partial charge < -0.3 is 10.6 Å². The highest BCUT2D eigenvalue weighted by atomic mass is 16.1. The first-order valence-corrected chi connectivity index (χ1v) is 8.17. The summed E-state index contributed by atoms with van der Waals surface area (Å²) in [6.45, 7) is 3.45. The highest BCUT2D eigenvalue weighted by molar-refractivity contribution is 5.75. The topological polar surface area (TPSA) is 71.8 Å². The molecule has 1 aliphatic rings. The molecule has 6 heteroatoms. The van der Waals surface area contributed by atoms with E-state index < -0.39 is 0 Å². The SMILES string of the molecule is O=C(CCC1CCNC1)NCc1ccc(Cn2cncn2)cc1. The van der Waals surface area contributed by atoms with Gasteiger partial charge in [-0.25, -0.2) is 9.67 Å². The molecule has 0 aliphatic carbocycles. The van der Waals surface area contributed by atoms with Crippen molar-refractivity contribution in [3.63, 3.8) is 0 Å². The molecule has 2 aromatic rings. The molecule has 1 saturated heterocycles. The van der Waals surface area contributed by atoms with E-state index in [9.17, 15) is 4.79 Å². The normalized spacial score (nSPS) is 17.3. The Morgan fingerprint density at radius 2 is 2.13 bits per heavy atom. The molecule has 1 atom stereocenters. The van der Waals surface area contributed by atoms with Crippen molar-refractivity contribution in [3.8, 4) is 0 Å². The highest BCUT2D eigenvalue weighted by Crippen LogP contribution is 2.14. The Hall–Kier alpha value is -2.21. The van der Waals surface area contributed by atoms with Crippen LogP contribution >= 0.6 is 0 Å². The molecule has 0 spiro atoms. The quantitative estimate of drug-likeness (QED) is 0.809. The molecule has 2 heterocycles. The van der Waals surface area contributed by atoms with Gasteiger partial charge in [0.2, 0.25) is 5.91 Å². The van der Waals surface area contributed by atoms with Crippen LogP contribution in [0.4, 0.5) is 0 Å². The maximum atomic E-state index is 11.9. The van der Waals surface area contributed by atoms with E-state index in [0.29, 0.717) is 25.4 Å². The van der Waals surface area contributed by atoms with Gasteiger partial charge in [-0.15, -0.1) is 0 Å². The van der Waals surface area contributed by atoms with E-state index in [1.807, 2.05) is 12.1 Å². The second-order valence-corrected chi connectivity index (χ2v) is 6.08. The van der Waals surface area contributed by atoms with Crippen LogP contribution in [0.25, 0.3) is 0 Å². The molecule has 0 saturated carbocycles. The molecule has 1 fully saturated rings. The number of carbonyl (C=O) groups is 1. The van der Waals surface area contributed by atoms with Gasteiger partial charge in [0.25, 0.3) is 0 Å². The first-order valence-electron chi connectivity index (χ1n) is 8.17. The summed E-state index contributed by atoms with van der Waals surface area (Å²) in [6.07, 6.45) is 6.03. The predicted octanol–water partition coefficient (Wildman–Crippen LogP) is 1.33. The number of aromatic nitrogens is 3. The van der Waals surface area contributed by atoms with Gasteiger partial charge >= 0.3 is 0 Å². The summed E-state index contributed by atoms with van der Waals surface area (Å²) < 4.78 is 1.79. The summed E-state index contributed by atoms with van der Waals surface area (Å²) >= 11 is 0. The number of nitrogens with one attached hydrogen (secondary N) is 2. The maximum Gasteiger partial charge on any atom is 0.220 e. The van der Waals surface area contributed by atoms with E-state index in [4.69, 9.17) is 0 Å². The number of hydrogen-bond acceptors (Lipinski definition) is 4. The van der Waals surface area contributed by atoms with Crippen LogP contribution in [0.5, 0.6) is 0 Å². The Morgan fingerprint density at radius 3 is 2.83 bits per heavy atom. The highest BCUT2D eigenvalue weighted by Gasteiger charge is 2.15. The molecule has 0 radical (unpaired) electrons. The third-order valence-electron chi connectivity index (χ3n) is 4.27. The van der Waals surface area contributed by atoms with Crippen molar-refractivity contribution in [1.29, 1.82) is 0 Å². The Labute approximate surface area is 136 Å². The van der Waals surface area contributed by atoms with Crippen LogP contribution in [0.2, 0.25) is 0 Å². The fourth-order valence-corrected chi connectivity index (χ4v) is 2.85. The van der Waals surface area contributed by atoms with Crippen LogP contribution in [0, 0.1) is 5.92 Å². The van der Waals surface area contributed by atoms with Crippen molar-refractivity contribution in [2.75, 3.05) is 13.1 Å². The lowest BCUT2D eigenvalue weighted by Crippen LogP contribution is -2.23. The van der Waals surface area contributed by atoms with Crippen molar-refractivity contribution in [1.82, 2.24) is 25.4 Å². The van der Waals surface area contributed by atoms with E-state index in [-0.39, 0.29) is 5.91 Å². The average Bonchev–Trinajstić information content (AvgIpc) is 3.26. The van der Waals surface area contributed by atoms with E-state index in [1.165, 1.54) is 18.3 Å². The van der Waals surface area contributed by atoms with Gasteiger partial charge in [0, 0.05) is 13.0 Å². The number of rotatable bonds is 7. The zero-order valence-corrected chi connectivity index (χ0v) is 13.2. The lowest BCUT2D eigenvalue weighted by molar-refractivity contribution is -0.121. The second-order valence-electron chi connectivity index (χ2n) is 6.08. The molecule has 1 amide bonds.